The zero-order valence-electron chi connectivity index (χ0n) is 9.90. The average Bonchev–Trinajstić information content (AvgIpc) is 2.78. The highest BCUT2D eigenvalue weighted by Gasteiger charge is 2.17. The molecule has 0 unspecified atom stereocenters. The van der Waals surface area contributed by atoms with E-state index in [1.54, 1.807) is 6.07 Å². The number of nitrogens with zero attached hydrogens (tertiary/aromatic N) is 2. The number of nitrogens with two attached hydrogens (primary N) is 1. The number of fused-ring (bicyclic) bond motifs is 1. The molecule has 0 saturated carbocycles. The second-order valence-electron chi connectivity index (χ2n) is 4.84. The molecule has 1 heterocycles. The van der Waals surface area contributed by atoms with Crippen LogP contribution in [0.3, 0.4) is 0 Å². The van der Waals surface area contributed by atoms with Crippen LogP contribution >= 0.6 is 0 Å². The van der Waals surface area contributed by atoms with Gasteiger partial charge in [0.15, 0.2) is 11.0 Å². The molecular formula is C11H16N4O2. The molecule has 0 aliphatic heterocycles. The minimum absolute atomic E-state index is 0.106. The third kappa shape index (κ3) is 2.31. The third-order valence-electron chi connectivity index (χ3n) is 2.63. The van der Waals surface area contributed by atoms with Gasteiger partial charge in [-0.15, -0.1) is 0 Å². The summed E-state index contributed by atoms with van der Waals surface area (Å²) in [5.41, 5.74) is 8.04. The number of aliphatic hydroxyl groups excluding tert-OH is 1. The standard InChI is InChI=1S/C11H16N4O2/c1-11(2,6-16)5-13-8-4-3-7(12)9-10(8)15-17-14-9/h3-4,13,16H,5-6,12H2,1-2H3. The van der Waals surface area contributed by atoms with Crippen molar-refractivity contribution in [3.05, 3.63) is 12.1 Å². The van der Waals surface area contributed by atoms with Crippen LogP contribution in [-0.4, -0.2) is 28.6 Å². The molecule has 1 aromatic carbocycles. The van der Waals surface area contributed by atoms with E-state index in [0.717, 1.165) is 5.69 Å². The van der Waals surface area contributed by atoms with Gasteiger partial charge in [0.25, 0.3) is 0 Å². The van der Waals surface area contributed by atoms with Crippen LogP contribution in [0.1, 0.15) is 13.8 Å². The monoisotopic (exact) mass is 236 g/mol. The van der Waals surface area contributed by atoms with E-state index in [2.05, 4.69) is 20.3 Å². The Morgan fingerprint density at radius 2 is 2.06 bits per heavy atom. The molecule has 2 aromatic rings. The predicted molar refractivity (Wildman–Crippen MR) is 65.6 cm³/mol. The molecule has 0 fully saturated rings. The second kappa shape index (κ2) is 4.21. The number of aromatic nitrogens is 2. The highest BCUT2D eigenvalue weighted by molar-refractivity contribution is 5.94. The Bertz CT molecular complexity index is 521. The molecule has 6 heteroatoms. The van der Waals surface area contributed by atoms with E-state index in [1.165, 1.54) is 0 Å². The van der Waals surface area contributed by atoms with Gasteiger partial charge in [0.2, 0.25) is 0 Å². The lowest BCUT2D eigenvalue weighted by Gasteiger charge is -2.22. The molecule has 0 radical (unpaired) electrons. The largest absolute Gasteiger partial charge is 0.397 e. The Balaban J connectivity index is 2.25. The quantitative estimate of drug-likeness (QED) is 0.691. The van der Waals surface area contributed by atoms with Crippen molar-refractivity contribution in [2.75, 3.05) is 24.2 Å². The SMILES string of the molecule is CC(C)(CO)CNc1ccc(N)c2nonc12. The number of benzene rings is 1. The maximum absolute atomic E-state index is 9.18. The Morgan fingerprint density at radius 1 is 1.35 bits per heavy atom. The Hall–Kier alpha value is -1.82. The molecule has 4 N–H and O–H groups in total. The van der Waals surface area contributed by atoms with E-state index in [1.807, 2.05) is 19.9 Å². The van der Waals surface area contributed by atoms with Gasteiger partial charge in [-0.05, 0) is 22.4 Å². The number of hydrogen-bond acceptors (Lipinski definition) is 6. The van der Waals surface area contributed by atoms with Gasteiger partial charge in [-0.1, -0.05) is 13.8 Å². The normalized spacial score (nSPS) is 11.9. The third-order valence-corrected chi connectivity index (χ3v) is 2.63. The van der Waals surface area contributed by atoms with Crippen molar-refractivity contribution < 1.29 is 9.74 Å². The molecule has 0 spiro atoms. The molecule has 6 nitrogen and oxygen atoms in total. The first-order chi connectivity index (χ1) is 8.03. The summed E-state index contributed by atoms with van der Waals surface area (Å²) in [6.45, 7) is 4.66. The fourth-order valence-corrected chi connectivity index (χ4v) is 1.42. The van der Waals surface area contributed by atoms with Crippen molar-refractivity contribution >= 4 is 22.4 Å². The number of aliphatic hydroxyl groups is 1. The van der Waals surface area contributed by atoms with E-state index in [0.29, 0.717) is 23.3 Å². The van der Waals surface area contributed by atoms with Gasteiger partial charge in [-0.2, -0.15) is 0 Å². The van der Waals surface area contributed by atoms with Crippen molar-refractivity contribution in [2.24, 2.45) is 5.41 Å². The molecule has 0 aliphatic rings. The maximum atomic E-state index is 9.18. The van der Waals surface area contributed by atoms with Gasteiger partial charge >= 0.3 is 0 Å². The minimum Gasteiger partial charge on any atom is -0.397 e. The highest BCUT2D eigenvalue weighted by atomic mass is 16.6. The lowest BCUT2D eigenvalue weighted by molar-refractivity contribution is 0.171. The number of nitrogen functional groups attached to an aromatic ring is 1. The van der Waals surface area contributed by atoms with E-state index >= 15 is 0 Å². The van der Waals surface area contributed by atoms with Gasteiger partial charge in [0, 0.05) is 18.6 Å². The van der Waals surface area contributed by atoms with Crippen molar-refractivity contribution in [1.82, 2.24) is 10.3 Å². The lowest BCUT2D eigenvalue weighted by atomic mass is 9.95. The number of rotatable bonds is 4. The van der Waals surface area contributed by atoms with E-state index in [-0.39, 0.29) is 12.0 Å². The summed E-state index contributed by atoms with van der Waals surface area (Å²) < 4.78 is 4.68. The van der Waals surface area contributed by atoms with Gasteiger partial charge < -0.3 is 16.2 Å². The Kier molecular flexibility index (Phi) is 2.89. The van der Waals surface area contributed by atoms with Gasteiger partial charge in [-0.25, -0.2) is 4.63 Å². The Labute approximate surface area is 98.8 Å². The van der Waals surface area contributed by atoms with E-state index in [4.69, 9.17) is 5.73 Å². The summed E-state index contributed by atoms with van der Waals surface area (Å²) in [6, 6.07) is 3.58. The average molecular weight is 236 g/mol. The van der Waals surface area contributed by atoms with Crippen molar-refractivity contribution in [3.8, 4) is 0 Å². The first-order valence-corrected chi connectivity index (χ1v) is 5.39. The molecule has 1 aromatic heterocycles. The molecule has 0 bridgehead atoms. The van der Waals surface area contributed by atoms with Crippen LogP contribution in [0.25, 0.3) is 11.0 Å². The second-order valence-corrected chi connectivity index (χ2v) is 4.84. The van der Waals surface area contributed by atoms with Gasteiger partial charge in [0.1, 0.15) is 0 Å². The summed E-state index contributed by atoms with van der Waals surface area (Å²) in [7, 11) is 0. The minimum atomic E-state index is -0.203. The maximum Gasteiger partial charge on any atom is 0.160 e. The number of anilines is 2. The molecule has 0 aliphatic carbocycles. The highest BCUT2D eigenvalue weighted by Crippen LogP contribution is 2.26. The van der Waals surface area contributed by atoms with Gasteiger partial charge in [-0.3, -0.25) is 0 Å². The molecule has 0 saturated heterocycles. The topological polar surface area (TPSA) is 97.2 Å². The first-order valence-electron chi connectivity index (χ1n) is 5.39. The molecule has 92 valence electrons. The van der Waals surface area contributed by atoms with Crippen LogP contribution < -0.4 is 11.1 Å². The zero-order chi connectivity index (χ0) is 12.5. The fourth-order valence-electron chi connectivity index (χ4n) is 1.42. The lowest BCUT2D eigenvalue weighted by Crippen LogP contribution is -2.26. The van der Waals surface area contributed by atoms with Crippen molar-refractivity contribution in [2.45, 2.75) is 13.8 Å². The van der Waals surface area contributed by atoms with Crippen LogP contribution in [0, 0.1) is 5.41 Å². The smallest absolute Gasteiger partial charge is 0.160 e. The summed E-state index contributed by atoms with van der Waals surface area (Å²) in [4.78, 5) is 0. The summed E-state index contributed by atoms with van der Waals surface area (Å²) in [6.07, 6.45) is 0. The molecule has 0 atom stereocenters. The van der Waals surface area contributed by atoms with Gasteiger partial charge in [0.05, 0.1) is 11.4 Å². The van der Waals surface area contributed by atoms with Crippen molar-refractivity contribution in [1.29, 1.82) is 0 Å². The Morgan fingerprint density at radius 3 is 2.76 bits per heavy atom. The first kappa shape index (κ1) is 11.7. The summed E-state index contributed by atoms with van der Waals surface area (Å²) in [5, 5.41) is 20.0. The van der Waals surface area contributed by atoms with Crippen LogP contribution in [0.15, 0.2) is 16.8 Å². The van der Waals surface area contributed by atoms with E-state index in [9.17, 15) is 5.11 Å². The fraction of sp³-hybridized carbons (Fsp3) is 0.455. The number of nitrogens with one attached hydrogen (secondary N) is 1. The van der Waals surface area contributed by atoms with Crippen LogP contribution in [0.2, 0.25) is 0 Å². The van der Waals surface area contributed by atoms with Crippen LogP contribution in [0.5, 0.6) is 0 Å². The number of hydrogen-bond donors (Lipinski definition) is 3. The summed E-state index contributed by atoms with van der Waals surface area (Å²) in [5.74, 6) is 0. The molecule has 0 amide bonds. The van der Waals surface area contributed by atoms with Crippen molar-refractivity contribution in [3.63, 3.8) is 0 Å². The van der Waals surface area contributed by atoms with Crippen LogP contribution in [0.4, 0.5) is 11.4 Å². The van der Waals surface area contributed by atoms with Crippen LogP contribution in [-0.2, 0) is 0 Å². The molecule has 2 rings (SSSR count). The predicted octanol–water partition coefficient (Wildman–Crippen LogP) is 1.24. The summed E-state index contributed by atoms with van der Waals surface area (Å²) >= 11 is 0. The van der Waals surface area contributed by atoms with E-state index < -0.39 is 0 Å². The molecule has 17 heavy (non-hydrogen) atoms. The zero-order valence-corrected chi connectivity index (χ0v) is 9.90. The molecular weight excluding hydrogens is 220 g/mol.